The van der Waals surface area contributed by atoms with Crippen molar-refractivity contribution in [3.05, 3.63) is 35.6 Å². The maximum absolute atomic E-state index is 14.8. The van der Waals surface area contributed by atoms with Crippen LogP contribution in [0.4, 0.5) is 27.5 Å². The zero-order valence-corrected chi connectivity index (χ0v) is 20.0. The molecule has 6 N–H and O–H groups in total. The number of hydrogen-bond donors (Lipinski definition) is 4. The summed E-state index contributed by atoms with van der Waals surface area (Å²) < 4.78 is 16.6. The zero-order chi connectivity index (χ0) is 24.4. The number of carbonyl (C=O) groups excluding carboxylic acids is 1. The number of carbonyl (C=O) groups is 1. The Morgan fingerprint density at radius 1 is 1.21 bits per heavy atom. The van der Waals surface area contributed by atoms with Gasteiger partial charge < -0.3 is 27.0 Å². The number of anilines is 4. The van der Waals surface area contributed by atoms with Gasteiger partial charge in [-0.05, 0) is 43.5 Å². The molecular formula is C23H33FN8O. The van der Waals surface area contributed by atoms with Crippen LogP contribution in [-0.4, -0.2) is 46.9 Å². The molecule has 1 amide bonds. The fraction of sp³-hybridized carbons (Fsp3) is 0.435. The number of halogens is 1. The summed E-state index contributed by atoms with van der Waals surface area (Å²) in [6.45, 7) is 6.00. The highest BCUT2D eigenvalue weighted by molar-refractivity contribution is 5.99. The summed E-state index contributed by atoms with van der Waals surface area (Å²) in [5.74, 6) is 0.0119. The lowest BCUT2D eigenvalue weighted by atomic mass is 9.99. The van der Waals surface area contributed by atoms with E-state index in [1.54, 1.807) is 4.68 Å². The van der Waals surface area contributed by atoms with E-state index >= 15 is 0 Å². The zero-order valence-electron chi connectivity index (χ0n) is 20.0. The minimum Gasteiger partial charge on any atom is -0.365 e. The van der Waals surface area contributed by atoms with Crippen LogP contribution < -0.4 is 27.0 Å². The van der Waals surface area contributed by atoms with Gasteiger partial charge in [0.25, 0.3) is 5.91 Å². The maximum Gasteiger partial charge on any atom is 0.252 e. The standard InChI is InChI=1S/C23H33FN8O/c1-12(2)9-19(13(3)25)28-22-17(24)11-16(20(26)33)21(29-22)27-14-7-8-18-15(10-14)23(31(4)5)32(6)30-18/h7-8,10-13,19H,9,25H2,1-6H3,(H2,26,33)(H2,27,28,29)/t13-,19+/m0/s1. The Labute approximate surface area is 193 Å². The number of aryl methyl sites for hydroxylation is 1. The molecular weight excluding hydrogens is 423 g/mol. The number of fused-ring (bicyclic) bond motifs is 1. The van der Waals surface area contributed by atoms with Crippen molar-refractivity contribution < 1.29 is 9.18 Å². The van der Waals surface area contributed by atoms with Gasteiger partial charge in [-0.2, -0.15) is 5.10 Å². The first kappa shape index (κ1) is 24.2. The molecule has 0 aliphatic rings. The second-order valence-electron chi connectivity index (χ2n) is 9.02. The van der Waals surface area contributed by atoms with Crippen molar-refractivity contribution in [1.82, 2.24) is 14.8 Å². The molecule has 3 aromatic rings. The number of pyridine rings is 1. The van der Waals surface area contributed by atoms with E-state index in [0.29, 0.717) is 11.6 Å². The van der Waals surface area contributed by atoms with Gasteiger partial charge in [-0.25, -0.2) is 9.37 Å². The molecule has 0 saturated heterocycles. The summed E-state index contributed by atoms with van der Waals surface area (Å²) >= 11 is 0. The lowest BCUT2D eigenvalue weighted by Gasteiger charge is -2.25. The highest BCUT2D eigenvalue weighted by Gasteiger charge is 2.21. The maximum atomic E-state index is 14.8. The van der Waals surface area contributed by atoms with E-state index in [1.165, 1.54) is 0 Å². The molecule has 0 bridgehead atoms. The van der Waals surface area contributed by atoms with E-state index in [0.717, 1.165) is 29.2 Å². The van der Waals surface area contributed by atoms with E-state index in [9.17, 15) is 9.18 Å². The van der Waals surface area contributed by atoms with Gasteiger partial charge in [0.05, 0.1) is 11.1 Å². The van der Waals surface area contributed by atoms with Crippen molar-refractivity contribution in [1.29, 1.82) is 0 Å². The molecule has 0 fully saturated rings. The van der Waals surface area contributed by atoms with Crippen LogP contribution >= 0.6 is 0 Å². The van der Waals surface area contributed by atoms with Gasteiger partial charge in [-0.3, -0.25) is 9.48 Å². The number of rotatable bonds is 9. The lowest BCUT2D eigenvalue weighted by molar-refractivity contribution is 0.100. The highest BCUT2D eigenvalue weighted by atomic mass is 19.1. The first-order chi connectivity index (χ1) is 15.5. The normalized spacial score (nSPS) is 13.2. The number of nitrogens with zero attached hydrogens (tertiary/aromatic N) is 4. The van der Waals surface area contributed by atoms with Gasteiger partial charge in [0.1, 0.15) is 11.6 Å². The number of nitrogens with one attached hydrogen (secondary N) is 2. The molecule has 0 spiro atoms. The first-order valence-corrected chi connectivity index (χ1v) is 10.9. The molecule has 2 atom stereocenters. The van der Waals surface area contributed by atoms with E-state index in [4.69, 9.17) is 11.5 Å². The van der Waals surface area contributed by atoms with Crippen LogP contribution in [-0.2, 0) is 7.05 Å². The fourth-order valence-electron chi connectivity index (χ4n) is 3.89. The summed E-state index contributed by atoms with van der Waals surface area (Å²) in [6, 6.07) is 6.28. The van der Waals surface area contributed by atoms with Crippen molar-refractivity contribution in [2.24, 2.45) is 24.4 Å². The SMILES string of the molecule is CC(C)C[C@@H](Nc1nc(Nc2ccc3nn(C)c(N(C)C)c3c2)c(C(N)=O)cc1F)[C@H](C)N. The van der Waals surface area contributed by atoms with Crippen LogP contribution in [0.2, 0.25) is 0 Å². The highest BCUT2D eigenvalue weighted by Crippen LogP contribution is 2.30. The average molecular weight is 457 g/mol. The minimum absolute atomic E-state index is 0.0156. The largest absolute Gasteiger partial charge is 0.365 e. The van der Waals surface area contributed by atoms with Crippen LogP contribution in [0.5, 0.6) is 0 Å². The summed E-state index contributed by atoms with van der Waals surface area (Å²) in [4.78, 5) is 18.4. The predicted molar refractivity (Wildman–Crippen MR) is 132 cm³/mol. The van der Waals surface area contributed by atoms with E-state index in [1.807, 2.05) is 51.2 Å². The number of nitrogens with two attached hydrogens (primary N) is 2. The Morgan fingerprint density at radius 2 is 1.91 bits per heavy atom. The minimum atomic E-state index is -0.780. The molecule has 2 aromatic heterocycles. The smallest absolute Gasteiger partial charge is 0.252 e. The van der Waals surface area contributed by atoms with Gasteiger partial charge in [-0.15, -0.1) is 0 Å². The van der Waals surface area contributed by atoms with Crippen LogP contribution in [0, 0.1) is 11.7 Å². The van der Waals surface area contributed by atoms with Crippen LogP contribution in [0.1, 0.15) is 37.6 Å². The summed E-state index contributed by atoms with van der Waals surface area (Å²) in [5, 5.41) is 11.7. The van der Waals surface area contributed by atoms with E-state index in [2.05, 4.69) is 34.6 Å². The molecule has 33 heavy (non-hydrogen) atoms. The monoisotopic (exact) mass is 456 g/mol. The Balaban J connectivity index is 2.02. The molecule has 10 heteroatoms. The average Bonchev–Trinajstić information content (AvgIpc) is 3.04. The van der Waals surface area contributed by atoms with E-state index in [-0.39, 0.29) is 29.3 Å². The third kappa shape index (κ3) is 5.33. The Bertz CT molecular complexity index is 1160. The molecule has 0 unspecified atom stereocenters. The summed E-state index contributed by atoms with van der Waals surface area (Å²) in [5.41, 5.74) is 13.1. The molecule has 9 nitrogen and oxygen atoms in total. The molecule has 0 radical (unpaired) electrons. The third-order valence-corrected chi connectivity index (χ3v) is 5.41. The predicted octanol–water partition coefficient (Wildman–Crippen LogP) is 3.19. The number of aromatic nitrogens is 3. The lowest BCUT2D eigenvalue weighted by Crippen LogP contribution is -2.39. The molecule has 2 heterocycles. The topological polar surface area (TPSA) is 127 Å². The Morgan fingerprint density at radius 3 is 2.48 bits per heavy atom. The van der Waals surface area contributed by atoms with Gasteiger partial charge in [-0.1, -0.05) is 13.8 Å². The van der Waals surface area contributed by atoms with Crippen molar-refractivity contribution >= 4 is 40.0 Å². The molecule has 0 aliphatic carbocycles. The van der Waals surface area contributed by atoms with E-state index < -0.39 is 11.7 Å². The number of hydrogen-bond acceptors (Lipinski definition) is 7. The second kappa shape index (κ2) is 9.62. The van der Waals surface area contributed by atoms with Crippen LogP contribution in [0.25, 0.3) is 10.9 Å². The van der Waals surface area contributed by atoms with Gasteiger partial charge >= 0.3 is 0 Å². The fourth-order valence-corrected chi connectivity index (χ4v) is 3.89. The Hall–Kier alpha value is -3.40. The third-order valence-electron chi connectivity index (χ3n) is 5.41. The summed E-state index contributed by atoms with van der Waals surface area (Å²) in [6.07, 6.45) is 0.740. The van der Waals surface area contributed by atoms with Gasteiger partial charge in [0.2, 0.25) is 0 Å². The molecule has 0 saturated carbocycles. The second-order valence-corrected chi connectivity index (χ2v) is 9.02. The van der Waals surface area contributed by atoms with Crippen LogP contribution in [0.3, 0.4) is 0 Å². The number of amides is 1. The van der Waals surface area contributed by atoms with Crippen molar-refractivity contribution in [2.75, 3.05) is 29.6 Å². The molecule has 0 aliphatic heterocycles. The van der Waals surface area contributed by atoms with Crippen molar-refractivity contribution in [2.45, 2.75) is 39.3 Å². The number of benzene rings is 1. The van der Waals surface area contributed by atoms with Crippen molar-refractivity contribution in [3.63, 3.8) is 0 Å². The van der Waals surface area contributed by atoms with Crippen molar-refractivity contribution in [3.8, 4) is 0 Å². The quantitative estimate of drug-likeness (QED) is 0.389. The molecule has 3 rings (SSSR count). The summed E-state index contributed by atoms with van der Waals surface area (Å²) in [7, 11) is 5.75. The van der Waals surface area contributed by atoms with Crippen LogP contribution in [0.15, 0.2) is 24.3 Å². The Kier molecular flexibility index (Phi) is 7.06. The molecule has 1 aromatic carbocycles. The first-order valence-electron chi connectivity index (χ1n) is 10.9. The van der Waals surface area contributed by atoms with Gasteiger partial charge in [0.15, 0.2) is 11.6 Å². The molecule has 178 valence electrons. The number of primary amides is 1. The van der Waals surface area contributed by atoms with Gasteiger partial charge in [0, 0.05) is 44.3 Å².